The van der Waals surface area contributed by atoms with Gasteiger partial charge in [-0.25, -0.2) is 0 Å². The summed E-state index contributed by atoms with van der Waals surface area (Å²) < 4.78 is 11.1. The fourth-order valence-electron chi connectivity index (χ4n) is 2.75. The number of hydrazine groups is 1. The van der Waals surface area contributed by atoms with Crippen molar-refractivity contribution in [2.24, 2.45) is 0 Å². The first kappa shape index (κ1) is 20.9. The van der Waals surface area contributed by atoms with E-state index in [1.54, 1.807) is 30.3 Å². The maximum atomic E-state index is 12.3. The van der Waals surface area contributed by atoms with Crippen molar-refractivity contribution in [2.45, 2.75) is 13.3 Å². The Morgan fingerprint density at radius 2 is 1.53 bits per heavy atom. The lowest BCUT2D eigenvalue weighted by atomic mass is 10.2. The average Bonchev–Trinajstić information content (AvgIpc) is 2.77. The second kappa shape index (κ2) is 10.7. The van der Waals surface area contributed by atoms with Gasteiger partial charge in [0.05, 0.1) is 6.61 Å². The number of rotatable bonds is 8. The summed E-state index contributed by atoms with van der Waals surface area (Å²) in [4.78, 5) is 24.2. The first-order chi connectivity index (χ1) is 14.6. The first-order valence-corrected chi connectivity index (χ1v) is 9.65. The number of carbonyl (C=O) groups excluding carboxylic acids is 2. The zero-order chi connectivity index (χ0) is 21.2. The molecule has 0 heterocycles. The highest BCUT2D eigenvalue weighted by atomic mass is 16.5. The zero-order valence-corrected chi connectivity index (χ0v) is 16.8. The number of carbonyl (C=O) groups is 2. The zero-order valence-electron chi connectivity index (χ0n) is 16.8. The molecule has 154 valence electrons. The normalized spacial score (nSPS) is 10.2. The van der Waals surface area contributed by atoms with Crippen LogP contribution in [0.3, 0.4) is 0 Å². The Kier molecular flexibility index (Phi) is 7.44. The second-order valence-corrected chi connectivity index (χ2v) is 6.72. The summed E-state index contributed by atoms with van der Waals surface area (Å²) in [6, 6.07) is 24.2. The smallest absolute Gasteiger partial charge is 0.276 e. The van der Waals surface area contributed by atoms with Crippen molar-refractivity contribution in [3.63, 3.8) is 0 Å². The Balaban J connectivity index is 1.43. The van der Waals surface area contributed by atoms with E-state index in [-0.39, 0.29) is 6.61 Å². The topological polar surface area (TPSA) is 76.7 Å². The highest BCUT2D eigenvalue weighted by molar-refractivity contribution is 5.95. The van der Waals surface area contributed by atoms with Gasteiger partial charge in [-0.1, -0.05) is 48.5 Å². The van der Waals surface area contributed by atoms with Crippen LogP contribution in [-0.4, -0.2) is 25.0 Å². The summed E-state index contributed by atoms with van der Waals surface area (Å²) in [7, 11) is 0. The van der Waals surface area contributed by atoms with Crippen LogP contribution in [-0.2, 0) is 11.2 Å². The molecule has 0 aliphatic rings. The average molecular weight is 404 g/mol. The van der Waals surface area contributed by atoms with Crippen molar-refractivity contribution in [3.05, 3.63) is 95.6 Å². The number of benzene rings is 3. The van der Waals surface area contributed by atoms with Crippen LogP contribution in [0.4, 0.5) is 0 Å². The minimum absolute atomic E-state index is 0.202. The SMILES string of the molecule is Cc1cccc(OCC(=O)NNC(=O)c2cccc(OCCc3ccccc3)c2)c1. The van der Waals surface area contributed by atoms with Gasteiger partial charge in [0.25, 0.3) is 11.8 Å². The molecular weight excluding hydrogens is 380 g/mol. The summed E-state index contributed by atoms with van der Waals surface area (Å²) in [5, 5.41) is 0. The molecule has 0 aliphatic heterocycles. The largest absolute Gasteiger partial charge is 0.493 e. The highest BCUT2D eigenvalue weighted by Gasteiger charge is 2.09. The maximum absolute atomic E-state index is 12.3. The van der Waals surface area contributed by atoms with Gasteiger partial charge in [-0.05, 0) is 48.4 Å². The first-order valence-electron chi connectivity index (χ1n) is 9.65. The maximum Gasteiger partial charge on any atom is 0.276 e. The Bertz CT molecular complexity index is 989. The predicted octanol–water partition coefficient (Wildman–Crippen LogP) is 3.46. The Labute approximate surface area is 175 Å². The lowest BCUT2D eigenvalue weighted by Gasteiger charge is -2.10. The molecule has 0 unspecified atom stereocenters. The van der Waals surface area contributed by atoms with Crippen LogP contribution in [0.1, 0.15) is 21.5 Å². The molecular formula is C24H24N2O4. The number of hydrogen-bond donors (Lipinski definition) is 2. The number of ether oxygens (including phenoxy) is 2. The predicted molar refractivity (Wildman–Crippen MR) is 114 cm³/mol. The van der Waals surface area contributed by atoms with Crippen molar-refractivity contribution in [1.29, 1.82) is 0 Å². The fraction of sp³-hybridized carbons (Fsp3) is 0.167. The van der Waals surface area contributed by atoms with Crippen molar-refractivity contribution in [2.75, 3.05) is 13.2 Å². The van der Waals surface area contributed by atoms with E-state index in [1.807, 2.05) is 55.5 Å². The molecule has 2 N–H and O–H groups in total. The minimum atomic E-state index is -0.458. The van der Waals surface area contributed by atoms with Gasteiger partial charge in [0.1, 0.15) is 11.5 Å². The van der Waals surface area contributed by atoms with E-state index in [4.69, 9.17) is 9.47 Å². The molecule has 6 heteroatoms. The molecule has 0 atom stereocenters. The van der Waals surface area contributed by atoms with Gasteiger partial charge in [0, 0.05) is 12.0 Å². The third-order valence-electron chi connectivity index (χ3n) is 4.27. The monoisotopic (exact) mass is 404 g/mol. The van der Waals surface area contributed by atoms with Crippen LogP contribution >= 0.6 is 0 Å². The van der Waals surface area contributed by atoms with Gasteiger partial charge in [0.2, 0.25) is 0 Å². The Morgan fingerprint density at radius 1 is 0.800 bits per heavy atom. The van der Waals surface area contributed by atoms with Crippen LogP contribution in [0.25, 0.3) is 0 Å². The highest BCUT2D eigenvalue weighted by Crippen LogP contribution is 2.14. The van der Waals surface area contributed by atoms with Gasteiger partial charge in [0.15, 0.2) is 6.61 Å². The Hall–Kier alpha value is -3.80. The van der Waals surface area contributed by atoms with Gasteiger partial charge in [-0.3, -0.25) is 20.4 Å². The lowest BCUT2D eigenvalue weighted by Crippen LogP contribution is -2.43. The van der Waals surface area contributed by atoms with Crippen LogP contribution < -0.4 is 20.3 Å². The van der Waals surface area contributed by atoms with E-state index in [2.05, 4.69) is 10.9 Å². The molecule has 0 bridgehead atoms. The summed E-state index contributed by atoms with van der Waals surface area (Å²) in [5.74, 6) is 0.289. The van der Waals surface area contributed by atoms with E-state index in [0.717, 1.165) is 12.0 Å². The molecule has 0 saturated heterocycles. The molecule has 3 aromatic carbocycles. The molecule has 3 rings (SSSR count). The molecule has 0 aromatic heterocycles. The van der Waals surface area contributed by atoms with Crippen molar-refractivity contribution in [3.8, 4) is 11.5 Å². The number of hydrogen-bond acceptors (Lipinski definition) is 4. The second-order valence-electron chi connectivity index (χ2n) is 6.72. The minimum Gasteiger partial charge on any atom is -0.493 e. The van der Waals surface area contributed by atoms with Crippen molar-refractivity contribution >= 4 is 11.8 Å². The third kappa shape index (κ3) is 6.67. The molecule has 6 nitrogen and oxygen atoms in total. The van der Waals surface area contributed by atoms with E-state index in [9.17, 15) is 9.59 Å². The summed E-state index contributed by atoms with van der Waals surface area (Å²) in [6.45, 7) is 2.24. The summed E-state index contributed by atoms with van der Waals surface area (Å²) in [5.41, 5.74) is 7.33. The fourth-order valence-corrected chi connectivity index (χ4v) is 2.75. The van der Waals surface area contributed by atoms with Gasteiger partial charge < -0.3 is 9.47 Å². The molecule has 0 spiro atoms. The Morgan fingerprint density at radius 3 is 2.30 bits per heavy atom. The van der Waals surface area contributed by atoms with E-state index < -0.39 is 11.8 Å². The standard InChI is InChI=1S/C24H24N2O4/c1-18-7-5-11-21(15-18)30-17-23(27)25-26-24(28)20-10-6-12-22(16-20)29-14-13-19-8-3-2-4-9-19/h2-12,15-16H,13-14,17H2,1H3,(H,25,27)(H,26,28). The van der Waals surface area contributed by atoms with Gasteiger partial charge in [-0.2, -0.15) is 0 Å². The molecule has 0 saturated carbocycles. The van der Waals surface area contributed by atoms with Gasteiger partial charge in [-0.15, -0.1) is 0 Å². The van der Waals surface area contributed by atoms with E-state index >= 15 is 0 Å². The molecule has 0 fully saturated rings. The molecule has 2 amide bonds. The molecule has 3 aromatic rings. The summed E-state index contributed by atoms with van der Waals surface area (Å²) >= 11 is 0. The van der Waals surface area contributed by atoms with E-state index in [0.29, 0.717) is 23.7 Å². The van der Waals surface area contributed by atoms with Gasteiger partial charge >= 0.3 is 0 Å². The number of amides is 2. The lowest BCUT2D eigenvalue weighted by molar-refractivity contribution is -0.123. The van der Waals surface area contributed by atoms with Crippen LogP contribution in [0, 0.1) is 6.92 Å². The van der Waals surface area contributed by atoms with Crippen molar-refractivity contribution in [1.82, 2.24) is 10.9 Å². The molecule has 0 aliphatic carbocycles. The van der Waals surface area contributed by atoms with Crippen LogP contribution in [0.2, 0.25) is 0 Å². The molecule has 0 radical (unpaired) electrons. The summed E-state index contributed by atoms with van der Waals surface area (Å²) in [6.07, 6.45) is 0.772. The molecule has 30 heavy (non-hydrogen) atoms. The number of aryl methyl sites for hydroxylation is 1. The number of nitrogens with one attached hydrogen (secondary N) is 2. The quantitative estimate of drug-likeness (QED) is 0.564. The van der Waals surface area contributed by atoms with Crippen LogP contribution in [0.5, 0.6) is 11.5 Å². The van der Waals surface area contributed by atoms with Crippen LogP contribution in [0.15, 0.2) is 78.9 Å². The van der Waals surface area contributed by atoms with E-state index in [1.165, 1.54) is 5.56 Å². The van der Waals surface area contributed by atoms with Crippen molar-refractivity contribution < 1.29 is 19.1 Å². The third-order valence-corrected chi connectivity index (χ3v) is 4.27.